The van der Waals surface area contributed by atoms with Gasteiger partial charge in [0.25, 0.3) is 0 Å². The Kier molecular flexibility index (Phi) is 4.23. The number of hydrogen-bond donors (Lipinski definition) is 0. The number of para-hydroxylation sites is 1. The van der Waals surface area contributed by atoms with E-state index in [0.29, 0.717) is 6.42 Å². The SMILES string of the molecule is COc1ccccc1CC(C)(C=O)c1ccc(C)cc1. The number of benzene rings is 2. The van der Waals surface area contributed by atoms with Gasteiger partial charge in [-0.15, -0.1) is 0 Å². The largest absolute Gasteiger partial charge is 0.496 e. The predicted molar refractivity (Wildman–Crippen MR) is 81.3 cm³/mol. The first-order chi connectivity index (χ1) is 9.59. The molecule has 0 radical (unpaired) electrons. The number of rotatable bonds is 5. The standard InChI is InChI=1S/C18H20O2/c1-14-8-10-16(11-9-14)18(2,13-19)12-15-6-4-5-7-17(15)20-3/h4-11,13H,12H2,1-3H3. The molecule has 1 atom stereocenters. The Labute approximate surface area is 120 Å². The van der Waals surface area contributed by atoms with Crippen molar-refractivity contribution in [2.45, 2.75) is 25.7 Å². The maximum Gasteiger partial charge on any atom is 0.130 e. The zero-order valence-electron chi connectivity index (χ0n) is 12.2. The van der Waals surface area contributed by atoms with Gasteiger partial charge in [-0.1, -0.05) is 48.0 Å². The molecule has 20 heavy (non-hydrogen) atoms. The maximum absolute atomic E-state index is 11.7. The van der Waals surface area contributed by atoms with Crippen LogP contribution in [0.25, 0.3) is 0 Å². The van der Waals surface area contributed by atoms with Crippen molar-refractivity contribution in [2.75, 3.05) is 7.11 Å². The summed E-state index contributed by atoms with van der Waals surface area (Å²) in [6.45, 7) is 4.01. The van der Waals surface area contributed by atoms with Gasteiger partial charge in [-0.25, -0.2) is 0 Å². The van der Waals surface area contributed by atoms with Gasteiger partial charge in [0.1, 0.15) is 12.0 Å². The van der Waals surface area contributed by atoms with E-state index in [1.807, 2.05) is 62.4 Å². The summed E-state index contributed by atoms with van der Waals surface area (Å²) in [5, 5.41) is 0. The predicted octanol–water partition coefficient (Wildman–Crippen LogP) is 3.70. The lowest BCUT2D eigenvalue weighted by atomic mass is 9.78. The Morgan fingerprint density at radius 1 is 1.10 bits per heavy atom. The van der Waals surface area contributed by atoms with Crippen LogP contribution in [0.15, 0.2) is 48.5 Å². The second-order valence-electron chi connectivity index (χ2n) is 5.39. The van der Waals surface area contributed by atoms with Crippen LogP contribution in [0, 0.1) is 6.92 Å². The summed E-state index contributed by atoms with van der Waals surface area (Å²) in [6, 6.07) is 16.0. The highest BCUT2D eigenvalue weighted by atomic mass is 16.5. The normalized spacial score (nSPS) is 13.6. The molecule has 0 spiro atoms. The highest BCUT2D eigenvalue weighted by molar-refractivity contribution is 5.69. The quantitative estimate of drug-likeness (QED) is 0.773. The second-order valence-corrected chi connectivity index (χ2v) is 5.39. The number of aryl methyl sites for hydroxylation is 1. The minimum atomic E-state index is -0.539. The molecule has 0 bridgehead atoms. The van der Waals surface area contributed by atoms with E-state index >= 15 is 0 Å². The molecule has 0 heterocycles. The van der Waals surface area contributed by atoms with Crippen LogP contribution in [0.5, 0.6) is 5.75 Å². The Bertz CT molecular complexity index is 587. The Morgan fingerprint density at radius 3 is 2.35 bits per heavy atom. The topological polar surface area (TPSA) is 26.3 Å². The summed E-state index contributed by atoms with van der Waals surface area (Å²) < 4.78 is 5.37. The molecule has 0 saturated carbocycles. The van der Waals surface area contributed by atoms with Crippen molar-refractivity contribution >= 4 is 6.29 Å². The molecule has 0 fully saturated rings. The third-order valence-corrected chi connectivity index (χ3v) is 3.72. The summed E-state index contributed by atoms with van der Waals surface area (Å²) in [5.74, 6) is 0.827. The molecule has 2 aromatic carbocycles. The molecule has 0 aliphatic rings. The monoisotopic (exact) mass is 268 g/mol. The van der Waals surface area contributed by atoms with E-state index in [1.165, 1.54) is 5.56 Å². The molecule has 2 heteroatoms. The van der Waals surface area contributed by atoms with E-state index in [0.717, 1.165) is 23.2 Å². The summed E-state index contributed by atoms with van der Waals surface area (Å²) in [5.41, 5.74) is 2.73. The molecule has 0 aliphatic heterocycles. The molecule has 0 aliphatic carbocycles. The number of carbonyl (C=O) groups excluding carboxylic acids is 1. The summed E-state index contributed by atoms with van der Waals surface area (Å²) >= 11 is 0. The number of carbonyl (C=O) groups is 1. The molecule has 1 unspecified atom stereocenters. The second kappa shape index (κ2) is 5.91. The van der Waals surface area contributed by atoms with Crippen molar-refractivity contribution in [1.82, 2.24) is 0 Å². The van der Waals surface area contributed by atoms with Crippen LogP contribution < -0.4 is 4.74 Å². The van der Waals surface area contributed by atoms with Crippen molar-refractivity contribution in [3.05, 3.63) is 65.2 Å². The van der Waals surface area contributed by atoms with Crippen molar-refractivity contribution in [1.29, 1.82) is 0 Å². The Morgan fingerprint density at radius 2 is 1.75 bits per heavy atom. The molecule has 0 amide bonds. The zero-order chi connectivity index (χ0) is 14.6. The Hall–Kier alpha value is -2.09. The van der Waals surface area contributed by atoms with E-state index in [1.54, 1.807) is 7.11 Å². The van der Waals surface area contributed by atoms with Gasteiger partial charge in [-0.2, -0.15) is 0 Å². The lowest BCUT2D eigenvalue weighted by Crippen LogP contribution is -2.27. The molecule has 0 aromatic heterocycles. The van der Waals surface area contributed by atoms with Gasteiger partial charge in [0.15, 0.2) is 0 Å². The lowest BCUT2D eigenvalue weighted by molar-refractivity contribution is -0.112. The third-order valence-electron chi connectivity index (χ3n) is 3.72. The van der Waals surface area contributed by atoms with Crippen molar-refractivity contribution in [3.63, 3.8) is 0 Å². The van der Waals surface area contributed by atoms with Crippen LogP contribution in [0.3, 0.4) is 0 Å². The van der Waals surface area contributed by atoms with Crippen molar-refractivity contribution in [2.24, 2.45) is 0 Å². The van der Waals surface area contributed by atoms with E-state index in [4.69, 9.17) is 4.74 Å². The number of methoxy groups -OCH3 is 1. The molecule has 104 valence electrons. The average Bonchev–Trinajstić information content (AvgIpc) is 2.48. The lowest BCUT2D eigenvalue weighted by Gasteiger charge is -2.25. The number of hydrogen-bond acceptors (Lipinski definition) is 2. The third kappa shape index (κ3) is 2.90. The Balaban J connectivity index is 2.36. The fraction of sp³-hybridized carbons (Fsp3) is 0.278. The van der Waals surface area contributed by atoms with Gasteiger partial charge in [0, 0.05) is 0 Å². The van der Waals surface area contributed by atoms with Crippen LogP contribution >= 0.6 is 0 Å². The molecular weight excluding hydrogens is 248 g/mol. The van der Waals surface area contributed by atoms with Crippen molar-refractivity contribution < 1.29 is 9.53 Å². The van der Waals surface area contributed by atoms with Gasteiger partial charge < -0.3 is 9.53 Å². The number of ether oxygens (including phenoxy) is 1. The van der Waals surface area contributed by atoms with Crippen LogP contribution in [0.4, 0.5) is 0 Å². The van der Waals surface area contributed by atoms with E-state index in [2.05, 4.69) is 0 Å². The number of aldehydes is 1. The van der Waals surface area contributed by atoms with Crippen LogP contribution in [-0.4, -0.2) is 13.4 Å². The van der Waals surface area contributed by atoms with Gasteiger partial charge in [0.2, 0.25) is 0 Å². The summed E-state index contributed by atoms with van der Waals surface area (Å²) in [7, 11) is 1.66. The first-order valence-corrected chi connectivity index (χ1v) is 6.74. The molecule has 2 nitrogen and oxygen atoms in total. The molecule has 0 N–H and O–H groups in total. The van der Waals surface area contributed by atoms with Crippen LogP contribution in [0.2, 0.25) is 0 Å². The van der Waals surface area contributed by atoms with Gasteiger partial charge in [0.05, 0.1) is 12.5 Å². The smallest absolute Gasteiger partial charge is 0.130 e. The maximum atomic E-state index is 11.7. The minimum absolute atomic E-state index is 0.539. The fourth-order valence-corrected chi connectivity index (χ4v) is 2.39. The van der Waals surface area contributed by atoms with E-state index in [9.17, 15) is 4.79 Å². The van der Waals surface area contributed by atoms with Gasteiger partial charge in [-0.3, -0.25) is 0 Å². The minimum Gasteiger partial charge on any atom is -0.496 e. The first kappa shape index (κ1) is 14.3. The molecule has 0 saturated heterocycles. The highest BCUT2D eigenvalue weighted by Crippen LogP contribution is 2.30. The highest BCUT2D eigenvalue weighted by Gasteiger charge is 2.27. The first-order valence-electron chi connectivity index (χ1n) is 6.74. The van der Waals surface area contributed by atoms with Crippen LogP contribution in [-0.2, 0) is 16.6 Å². The average molecular weight is 268 g/mol. The fourth-order valence-electron chi connectivity index (χ4n) is 2.39. The molecule has 2 aromatic rings. The molecule has 2 rings (SSSR count). The summed E-state index contributed by atoms with van der Waals surface area (Å²) in [4.78, 5) is 11.7. The molecular formula is C18H20O2. The van der Waals surface area contributed by atoms with Gasteiger partial charge >= 0.3 is 0 Å². The zero-order valence-corrected chi connectivity index (χ0v) is 12.2. The van der Waals surface area contributed by atoms with E-state index in [-0.39, 0.29) is 0 Å². The summed E-state index contributed by atoms with van der Waals surface area (Å²) in [6.07, 6.45) is 1.66. The van der Waals surface area contributed by atoms with E-state index < -0.39 is 5.41 Å². The van der Waals surface area contributed by atoms with Crippen LogP contribution in [0.1, 0.15) is 23.6 Å². The van der Waals surface area contributed by atoms with Crippen molar-refractivity contribution in [3.8, 4) is 5.75 Å². The van der Waals surface area contributed by atoms with Gasteiger partial charge in [-0.05, 0) is 37.5 Å².